The van der Waals surface area contributed by atoms with E-state index in [-0.39, 0.29) is 11.9 Å². The van der Waals surface area contributed by atoms with E-state index in [4.69, 9.17) is 11.6 Å². The van der Waals surface area contributed by atoms with Gasteiger partial charge in [0, 0.05) is 17.5 Å². The summed E-state index contributed by atoms with van der Waals surface area (Å²) >= 11 is 6.12. The van der Waals surface area contributed by atoms with E-state index in [1.54, 1.807) is 0 Å². The number of hydrogen-bond donors (Lipinski definition) is 2. The van der Waals surface area contributed by atoms with Crippen molar-refractivity contribution in [3.63, 3.8) is 0 Å². The molecule has 2 rings (SSSR count). The minimum Gasteiger partial charge on any atom is -0.350 e. The largest absolute Gasteiger partial charge is 0.350 e. The maximum atomic E-state index is 11.9. The van der Waals surface area contributed by atoms with E-state index in [1.807, 2.05) is 31.2 Å². The summed E-state index contributed by atoms with van der Waals surface area (Å²) in [5.41, 5.74) is 0.969. The van der Waals surface area contributed by atoms with Crippen LogP contribution < -0.4 is 10.6 Å². The van der Waals surface area contributed by atoms with Crippen LogP contribution in [-0.2, 0) is 4.79 Å². The van der Waals surface area contributed by atoms with Gasteiger partial charge in [-0.05, 0) is 44.4 Å². The highest BCUT2D eigenvalue weighted by Crippen LogP contribution is 2.22. The van der Waals surface area contributed by atoms with Crippen LogP contribution in [0.2, 0.25) is 5.02 Å². The number of benzene rings is 1. The van der Waals surface area contributed by atoms with Crippen molar-refractivity contribution in [3.8, 4) is 0 Å². The Labute approximate surface area is 119 Å². The van der Waals surface area contributed by atoms with Crippen LogP contribution in [0.15, 0.2) is 24.3 Å². The molecule has 2 atom stereocenters. The summed E-state index contributed by atoms with van der Waals surface area (Å²) in [4.78, 5) is 11.9. The molecular formula is C15H21ClN2O. The van der Waals surface area contributed by atoms with Crippen LogP contribution in [0.1, 0.15) is 44.2 Å². The van der Waals surface area contributed by atoms with Gasteiger partial charge in [-0.25, -0.2) is 0 Å². The molecule has 3 nitrogen and oxygen atoms in total. The molecule has 0 saturated carbocycles. The van der Waals surface area contributed by atoms with Crippen molar-refractivity contribution in [2.75, 3.05) is 6.54 Å². The third-order valence-corrected chi connectivity index (χ3v) is 3.98. The van der Waals surface area contributed by atoms with E-state index in [9.17, 15) is 4.79 Å². The van der Waals surface area contributed by atoms with E-state index >= 15 is 0 Å². The number of nitrogens with one attached hydrogen (secondary N) is 2. The Balaban J connectivity index is 1.79. The molecule has 1 aliphatic rings. The van der Waals surface area contributed by atoms with Crippen LogP contribution in [0.3, 0.4) is 0 Å². The minimum absolute atomic E-state index is 0.0438. The fourth-order valence-corrected chi connectivity index (χ4v) is 2.83. The predicted octanol–water partition coefficient (Wildman–Crippen LogP) is 3.05. The lowest BCUT2D eigenvalue weighted by Gasteiger charge is -2.16. The molecule has 1 fully saturated rings. The summed E-state index contributed by atoms with van der Waals surface area (Å²) in [6, 6.07) is 8.10. The number of halogens is 1. The van der Waals surface area contributed by atoms with Crippen LogP contribution >= 0.6 is 11.6 Å². The first-order valence-corrected chi connectivity index (χ1v) is 7.32. The van der Waals surface area contributed by atoms with E-state index in [2.05, 4.69) is 10.6 Å². The van der Waals surface area contributed by atoms with Gasteiger partial charge in [0.05, 0.1) is 6.04 Å². The van der Waals surface area contributed by atoms with Gasteiger partial charge in [0.1, 0.15) is 0 Å². The summed E-state index contributed by atoms with van der Waals surface area (Å²) in [6.07, 6.45) is 3.91. The maximum Gasteiger partial charge on any atom is 0.220 e. The van der Waals surface area contributed by atoms with Crippen LogP contribution in [0.4, 0.5) is 0 Å². The molecule has 104 valence electrons. The molecule has 0 radical (unpaired) electrons. The first-order valence-electron chi connectivity index (χ1n) is 6.94. The van der Waals surface area contributed by atoms with E-state index < -0.39 is 0 Å². The van der Waals surface area contributed by atoms with E-state index in [0.717, 1.165) is 18.5 Å². The van der Waals surface area contributed by atoms with E-state index in [0.29, 0.717) is 17.5 Å². The third kappa shape index (κ3) is 4.22. The van der Waals surface area contributed by atoms with Gasteiger partial charge in [-0.3, -0.25) is 4.79 Å². The molecule has 19 heavy (non-hydrogen) atoms. The highest BCUT2D eigenvalue weighted by Gasteiger charge is 2.17. The molecule has 1 amide bonds. The Bertz CT molecular complexity index is 430. The molecular weight excluding hydrogens is 260 g/mol. The Morgan fingerprint density at radius 2 is 2.32 bits per heavy atom. The Hall–Kier alpha value is -1.06. The quantitative estimate of drug-likeness (QED) is 0.870. The summed E-state index contributed by atoms with van der Waals surface area (Å²) in [5, 5.41) is 7.12. The van der Waals surface area contributed by atoms with Gasteiger partial charge in [0.2, 0.25) is 5.91 Å². The fraction of sp³-hybridized carbons (Fsp3) is 0.533. The number of carbonyl (C=O) groups is 1. The molecule has 1 aromatic carbocycles. The van der Waals surface area contributed by atoms with Crippen molar-refractivity contribution >= 4 is 17.5 Å². The Kier molecular flexibility index (Phi) is 5.23. The first-order chi connectivity index (χ1) is 9.16. The highest BCUT2D eigenvalue weighted by molar-refractivity contribution is 6.31. The van der Waals surface area contributed by atoms with Crippen molar-refractivity contribution in [2.45, 2.75) is 44.7 Å². The second kappa shape index (κ2) is 6.92. The maximum absolute atomic E-state index is 11.9. The zero-order valence-electron chi connectivity index (χ0n) is 11.3. The normalized spacial score (nSPS) is 20.2. The molecule has 1 aliphatic heterocycles. The van der Waals surface area contributed by atoms with Crippen LogP contribution in [0, 0.1) is 0 Å². The monoisotopic (exact) mass is 280 g/mol. The topological polar surface area (TPSA) is 41.1 Å². The number of amides is 1. The molecule has 0 aliphatic carbocycles. The van der Waals surface area contributed by atoms with Crippen molar-refractivity contribution in [2.24, 2.45) is 0 Å². The van der Waals surface area contributed by atoms with Crippen LogP contribution in [0.5, 0.6) is 0 Å². The SMILES string of the molecule is CC(NC(=O)CCC1CCCN1)c1ccccc1Cl. The molecule has 2 unspecified atom stereocenters. The van der Waals surface area contributed by atoms with Gasteiger partial charge in [-0.2, -0.15) is 0 Å². The van der Waals surface area contributed by atoms with Crippen molar-refractivity contribution in [3.05, 3.63) is 34.9 Å². The van der Waals surface area contributed by atoms with Gasteiger partial charge < -0.3 is 10.6 Å². The molecule has 0 aromatic heterocycles. The van der Waals surface area contributed by atoms with Crippen LogP contribution in [0.25, 0.3) is 0 Å². The van der Waals surface area contributed by atoms with Crippen molar-refractivity contribution in [1.29, 1.82) is 0 Å². The van der Waals surface area contributed by atoms with Gasteiger partial charge in [0.15, 0.2) is 0 Å². The molecule has 1 aromatic rings. The number of rotatable bonds is 5. The standard InChI is InChI=1S/C15H21ClN2O/c1-11(13-6-2-3-7-14(13)16)18-15(19)9-8-12-5-4-10-17-12/h2-3,6-7,11-12,17H,4-5,8-10H2,1H3,(H,18,19). The third-order valence-electron chi connectivity index (χ3n) is 3.63. The van der Waals surface area contributed by atoms with Gasteiger partial charge in [-0.1, -0.05) is 29.8 Å². The fourth-order valence-electron chi connectivity index (χ4n) is 2.53. The van der Waals surface area contributed by atoms with Crippen molar-refractivity contribution < 1.29 is 4.79 Å². The zero-order valence-corrected chi connectivity index (χ0v) is 12.0. The molecule has 4 heteroatoms. The second-order valence-corrected chi connectivity index (χ2v) is 5.55. The van der Waals surface area contributed by atoms with Crippen molar-refractivity contribution in [1.82, 2.24) is 10.6 Å². The highest BCUT2D eigenvalue weighted by atomic mass is 35.5. The summed E-state index contributed by atoms with van der Waals surface area (Å²) in [5.74, 6) is 0.0983. The van der Waals surface area contributed by atoms with Crippen LogP contribution in [-0.4, -0.2) is 18.5 Å². The molecule has 1 heterocycles. The lowest BCUT2D eigenvalue weighted by molar-refractivity contribution is -0.121. The molecule has 0 spiro atoms. The Morgan fingerprint density at radius 3 is 3.00 bits per heavy atom. The number of carbonyl (C=O) groups excluding carboxylic acids is 1. The second-order valence-electron chi connectivity index (χ2n) is 5.14. The smallest absolute Gasteiger partial charge is 0.220 e. The summed E-state index contributed by atoms with van der Waals surface area (Å²) in [6.45, 7) is 3.05. The molecule has 2 N–H and O–H groups in total. The predicted molar refractivity (Wildman–Crippen MR) is 78.3 cm³/mol. The summed E-state index contributed by atoms with van der Waals surface area (Å²) < 4.78 is 0. The lowest BCUT2D eigenvalue weighted by atomic mass is 10.1. The average Bonchev–Trinajstić information content (AvgIpc) is 2.90. The number of hydrogen-bond acceptors (Lipinski definition) is 2. The molecule has 1 saturated heterocycles. The minimum atomic E-state index is -0.0438. The lowest BCUT2D eigenvalue weighted by Crippen LogP contribution is -2.29. The van der Waals surface area contributed by atoms with Gasteiger partial charge >= 0.3 is 0 Å². The van der Waals surface area contributed by atoms with Gasteiger partial charge in [0.25, 0.3) is 0 Å². The molecule has 0 bridgehead atoms. The van der Waals surface area contributed by atoms with E-state index in [1.165, 1.54) is 12.8 Å². The first kappa shape index (κ1) is 14.4. The van der Waals surface area contributed by atoms with Gasteiger partial charge in [-0.15, -0.1) is 0 Å². The summed E-state index contributed by atoms with van der Waals surface area (Å²) in [7, 11) is 0. The average molecular weight is 281 g/mol. The Morgan fingerprint density at radius 1 is 1.53 bits per heavy atom. The zero-order chi connectivity index (χ0) is 13.7.